The number of ether oxygens (including phenoxy) is 2. The second-order valence-electron chi connectivity index (χ2n) is 4.02. The molecule has 4 nitrogen and oxygen atoms in total. The Morgan fingerprint density at radius 2 is 2.43 bits per heavy atom. The van der Waals surface area contributed by atoms with Crippen molar-refractivity contribution in [2.75, 3.05) is 26.9 Å². The number of Topliss-reactive ketones (excluding diaryl/α,β-unsaturated/α-hetero) is 1. The highest BCUT2D eigenvalue weighted by atomic mass is 16.5. The van der Waals surface area contributed by atoms with Gasteiger partial charge >= 0.3 is 0 Å². The first kappa shape index (κ1) is 10.1. The predicted molar refractivity (Wildman–Crippen MR) is 51.1 cm³/mol. The van der Waals surface area contributed by atoms with Gasteiger partial charge in [-0.05, 0) is 12.8 Å². The summed E-state index contributed by atoms with van der Waals surface area (Å²) >= 11 is 0. The third-order valence-electron chi connectivity index (χ3n) is 3.10. The van der Waals surface area contributed by atoms with Gasteiger partial charge in [-0.25, -0.2) is 0 Å². The molecule has 1 N–H and O–H groups in total. The summed E-state index contributed by atoms with van der Waals surface area (Å²) in [4.78, 5) is 11.9. The summed E-state index contributed by atoms with van der Waals surface area (Å²) in [6.07, 6.45) is 1.90. The lowest BCUT2D eigenvalue weighted by atomic mass is 9.96. The third kappa shape index (κ3) is 1.97. The third-order valence-corrected chi connectivity index (χ3v) is 3.10. The summed E-state index contributed by atoms with van der Waals surface area (Å²) in [5.41, 5.74) is 0. The van der Waals surface area contributed by atoms with Gasteiger partial charge in [0.05, 0.1) is 18.8 Å². The Balaban J connectivity index is 1.86. The van der Waals surface area contributed by atoms with Crippen LogP contribution in [0.2, 0.25) is 0 Å². The van der Waals surface area contributed by atoms with Gasteiger partial charge in [-0.1, -0.05) is 0 Å². The van der Waals surface area contributed by atoms with Gasteiger partial charge in [0.15, 0.2) is 5.78 Å². The Morgan fingerprint density at radius 1 is 1.57 bits per heavy atom. The number of nitrogens with one attached hydrogen (secondary N) is 1. The van der Waals surface area contributed by atoms with Crippen LogP contribution in [0.4, 0.5) is 0 Å². The molecule has 0 saturated carbocycles. The molecule has 3 atom stereocenters. The van der Waals surface area contributed by atoms with E-state index < -0.39 is 0 Å². The van der Waals surface area contributed by atoms with Crippen molar-refractivity contribution in [3.05, 3.63) is 0 Å². The van der Waals surface area contributed by atoms with Crippen LogP contribution in [0.15, 0.2) is 0 Å². The van der Waals surface area contributed by atoms with Gasteiger partial charge in [0.25, 0.3) is 0 Å². The van der Waals surface area contributed by atoms with Crippen LogP contribution in [0.1, 0.15) is 12.8 Å². The quantitative estimate of drug-likeness (QED) is 0.693. The van der Waals surface area contributed by atoms with Gasteiger partial charge in [0.1, 0.15) is 0 Å². The van der Waals surface area contributed by atoms with E-state index in [0.717, 1.165) is 26.0 Å². The number of rotatable bonds is 3. The Hall–Kier alpha value is -0.450. The SMILES string of the molecule is COC1CNC(C(=O)C2CCOC2)C1. The van der Waals surface area contributed by atoms with Crippen LogP contribution in [0, 0.1) is 5.92 Å². The molecule has 2 aliphatic heterocycles. The maximum Gasteiger partial charge on any atom is 0.155 e. The number of hydrogen-bond donors (Lipinski definition) is 1. The van der Waals surface area contributed by atoms with Gasteiger partial charge in [-0.15, -0.1) is 0 Å². The molecule has 0 spiro atoms. The maximum atomic E-state index is 11.9. The van der Waals surface area contributed by atoms with Crippen LogP contribution in [0.5, 0.6) is 0 Å². The highest BCUT2D eigenvalue weighted by Gasteiger charge is 2.34. The fourth-order valence-electron chi connectivity index (χ4n) is 2.14. The lowest BCUT2D eigenvalue weighted by Gasteiger charge is -2.13. The molecule has 0 radical (unpaired) electrons. The lowest BCUT2D eigenvalue weighted by Crippen LogP contribution is -2.35. The van der Waals surface area contributed by atoms with Crippen LogP contribution in [0.25, 0.3) is 0 Å². The van der Waals surface area contributed by atoms with E-state index in [-0.39, 0.29) is 18.1 Å². The summed E-state index contributed by atoms with van der Waals surface area (Å²) in [5.74, 6) is 0.421. The summed E-state index contributed by atoms with van der Waals surface area (Å²) in [6.45, 7) is 2.13. The van der Waals surface area contributed by atoms with Crippen LogP contribution >= 0.6 is 0 Å². The van der Waals surface area contributed by atoms with Crippen LogP contribution in [-0.2, 0) is 14.3 Å². The zero-order chi connectivity index (χ0) is 9.97. The first-order valence-corrected chi connectivity index (χ1v) is 5.19. The molecule has 4 heteroatoms. The van der Waals surface area contributed by atoms with Crippen molar-refractivity contribution >= 4 is 5.78 Å². The minimum absolute atomic E-state index is 0.00773. The van der Waals surface area contributed by atoms with Crippen molar-refractivity contribution in [2.24, 2.45) is 5.92 Å². The van der Waals surface area contributed by atoms with Gasteiger partial charge < -0.3 is 14.8 Å². The number of hydrogen-bond acceptors (Lipinski definition) is 4. The largest absolute Gasteiger partial charge is 0.381 e. The Bertz CT molecular complexity index is 213. The Morgan fingerprint density at radius 3 is 3.00 bits per heavy atom. The zero-order valence-electron chi connectivity index (χ0n) is 8.49. The second kappa shape index (κ2) is 4.38. The van der Waals surface area contributed by atoms with Crippen molar-refractivity contribution in [3.8, 4) is 0 Å². The maximum absolute atomic E-state index is 11.9. The fraction of sp³-hybridized carbons (Fsp3) is 0.900. The van der Waals surface area contributed by atoms with Crippen molar-refractivity contribution in [1.29, 1.82) is 0 Å². The molecule has 2 saturated heterocycles. The highest BCUT2D eigenvalue weighted by Crippen LogP contribution is 2.19. The van der Waals surface area contributed by atoms with E-state index in [4.69, 9.17) is 9.47 Å². The Kier molecular flexibility index (Phi) is 3.15. The molecule has 0 aromatic heterocycles. The van der Waals surface area contributed by atoms with Crippen molar-refractivity contribution in [1.82, 2.24) is 5.32 Å². The minimum atomic E-state index is -0.00773. The van der Waals surface area contributed by atoms with E-state index in [1.165, 1.54) is 0 Å². The van der Waals surface area contributed by atoms with Gasteiger partial charge in [-0.3, -0.25) is 4.79 Å². The van der Waals surface area contributed by atoms with Gasteiger partial charge in [0.2, 0.25) is 0 Å². The fourth-order valence-corrected chi connectivity index (χ4v) is 2.14. The molecule has 2 aliphatic rings. The van der Waals surface area contributed by atoms with E-state index >= 15 is 0 Å². The van der Waals surface area contributed by atoms with Crippen molar-refractivity contribution in [3.63, 3.8) is 0 Å². The standard InChI is InChI=1S/C10H17NO3/c1-13-8-4-9(11-5-8)10(12)7-2-3-14-6-7/h7-9,11H,2-6H2,1H3. The first-order valence-electron chi connectivity index (χ1n) is 5.19. The number of methoxy groups -OCH3 is 1. The van der Waals surface area contributed by atoms with E-state index in [0.29, 0.717) is 12.4 Å². The average molecular weight is 199 g/mol. The molecule has 0 aromatic rings. The number of ketones is 1. The predicted octanol–water partition coefficient (Wildman–Crippen LogP) is -0.0311. The monoisotopic (exact) mass is 199 g/mol. The van der Waals surface area contributed by atoms with Crippen molar-refractivity contribution in [2.45, 2.75) is 25.0 Å². The molecule has 2 rings (SSSR count). The van der Waals surface area contributed by atoms with E-state index in [1.807, 2.05) is 0 Å². The average Bonchev–Trinajstić information content (AvgIpc) is 2.88. The van der Waals surface area contributed by atoms with Gasteiger partial charge in [-0.2, -0.15) is 0 Å². The summed E-state index contributed by atoms with van der Waals surface area (Å²) in [7, 11) is 1.69. The second-order valence-corrected chi connectivity index (χ2v) is 4.02. The van der Waals surface area contributed by atoms with Gasteiger partial charge in [0, 0.05) is 26.2 Å². The lowest BCUT2D eigenvalue weighted by molar-refractivity contribution is -0.124. The topological polar surface area (TPSA) is 47.6 Å². The molecule has 2 heterocycles. The van der Waals surface area contributed by atoms with Crippen LogP contribution in [-0.4, -0.2) is 44.8 Å². The molecule has 0 amide bonds. The van der Waals surface area contributed by atoms with Crippen molar-refractivity contribution < 1.29 is 14.3 Å². The first-order chi connectivity index (χ1) is 6.81. The minimum Gasteiger partial charge on any atom is -0.381 e. The smallest absolute Gasteiger partial charge is 0.155 e. The van der Waals surface area contributed by atoms with Crippen LogP contribution < -0.4 is 5.32 Å². The molecule has 14 heavy (non-hydrogen) atoms. The molecule has 2 fully saturated rings. The normalized spacial score (nSPS) is 37.6. The van der Waals surface area contributed by atoms with Crippen LogP contribution in [0.3, 0.4) is 0 Å². The van der Waals surface area contributed by atoms with E-state index in [2.05, 4.69) is 5.32 Å². The molecule has 0 aromatic carbocycles. The summed E-state index contributed by atoms with van der Waals surface area (Å²) in [6, 6.07) is -0.00773. The highest BCUT2D eigenvalue weighted by molar-refractivity contribution is 5.87. The molecular weight excluding hydrogens is 182 g/mol. The molecule has 0 aliphatic carbocycles. The summed E-state index contributed by atoms with van der Waals surface area (Å²) in [5, 5.41) is 3.20. The van der Waals surface area contributed by atoms with E-state index in [1.54, 1.807) is 7.11 Å². The number of carbonyl (C=O) groups excluding carboxylic acids is 1. The Labute approximate surface area is 84.0 Å². The molecule has 0 bridgehead atoms. The number of carbonyl (C=O) groups is 1. The van der Waals surface area contributed by atoms with E-state index in [9.17, 15) is 4.79 Å². The zero-order valence-corrected chi connectivity index (χ0v) is 8.49. The molecule has 80 valence electrons. The summed E-state index contributed by atoms with van der Waals surface area (Å²) < 4.78 is 10.4. The molecule has 3 unspecified atom stereocenters. The molecular formula is C10H17NO3.